The Morgan fingerprint density at radius 1 is 0.947 bits per heavy atom. The number of hydrogen-bond acceptors (Lipinski definition) is 4. The van der Waals surface area contributed by atoms with Gasteiger partial charge in [-0.15, -0.1) is 0 Å². The second kappa shape index (κ2) is 4.83. The summed E-state index contributed by atoms with van der Waals surface area (Å²) in [5.41, 5.74) is 6.02. The van der Waals surface area contributed by atoms with Crippen LogP contribution in [-0.4, -0.2) is 18.8 Å². The van der Waals surface area contributed by atoms with Crippen molar-refractivity contribution in [3.63, 3.8) is 0 Å². The van der Waals surface area contributed by atoms with E-state index in [0.717, 1.165) is 0 Å². The van der Waals surface area contributed by atoms with Crippen molar-refractivity contribution in [3.8, 4) is 0 Å². The Morgan fingerprint density at radius 2 is 1.47 bits per heavy atom. The SMILES string of the molecule is Nc1ccccc1C(=O)c1ccccc1S(=O)(=O)O. The van der Waals surface area contributed by atoms with Crippen LogP contribution in [0.5, 0.6) is 0 Å². The van der Waals surface area contributed by atoms with Crippen LogP contribution in [0.4, 0.5) is 5.69 Å². The molecule has 0 spiro atoms. The maximum Gasteiger partial charge on any atom is 0.295 e. The number of para-hydroxylation sites is 1. The zero-order chi connectivity index (χ0) is 14.0. The van der Waals surface area contributed by atoms with Gasteiger partial charge >= 0.3 is 0 Å². The van der Waals surface area contributed by atoms with E-state index in [9.17, 15) is 13.2 Å². The highest BCUT2D eigenvalue weighted by Crippen LogP contribution is 2.21. The van der Waals surface area contributed by atoms with E-state index in [2.05, 4.69) is 0 Å². The molecule has 0 saturated carbocycles. The van der Waals surface area contributed by atoms with Crippen molar-refractivity contribution in [3.05, 3.63) is 59.7 Å². The lowest BCUT2D eigenvalue weighted by Crippen LogP contribution is -2.11. The Kier molecular flexibility index (Phi) is 3.37. The summed E-state index contributed by atoms with van der Waals surface area (Å²) < 4.78 is 31.6. The molecule has 0 fully saturated rings. The van der Waals surface area contributed by atoms with Crippen molar-refractivity contribution in [1.82, 2.24) is 0 Å². The van der Waals surface area contributed by atoms with E-state index in [1.165, 1.54) is 30.3 Å². The van der Waals surface area contributed by atoms with E-state index in [-0.39, 0.29) is 16.8 Å². The van der Waals surface area contributed by atoms with E-state index in [1.807, 2.05) is 0 Å². The van der Waals surface area contributed by atoms with Crippen molar-refractivity contribution in [2.24, 2.45) is 0 Å². The molecule has 3 N–H and O–H groups in total. The molecule has 2 rings (SSSR count). The number of carbonyl (C=O) groups is 1. The molecule has 0 aliphatic heterocycles. The fourth-order valence-electron chi connectivity index (χ4n) is 1.73. The zero-order valence-corrected chi connectivity index (χ0v) is 10.6. The summed E-state index contributed by atoms with van der Waals surface area (Å²) in [4.78, 5) is 11.9. The number of hydrogen-bond donors (Lipinski definition) is 2. The Morgan fingerprint density at radius 3 is 2.05 bits per heavy atom. The normalized spacial score (nSPS) is 11.2. The fourth-order valence-corrected chi connectivity index (χ4v) is 2.42. The van der Waals surface area contributed by atoms with Crippen LogP contribution in [0.1, 0.15) is 15.9 Å². The zero-order valence-electron chi connectivity index (χ0n) is 9.78. The van der Waals surface area contributed by atoms with Gasteiger partial charge in [-0.1, -0.05) is 24.3 Å². The third-order valence-electron chi connectivity index (χ3n) is 2.62. The first kappa shape index (κ1) is 13.3. The van der Waals surface area contributed by atoms with Crippen molar-refractivity contribution < 1.29 is 17.8 Å². The van der Waals surface area contributed by atoms with Gasteiger partial charge < -0.3 is 5.73 Å². The number of carbonyl (C=O) groups excluding carboxylic acids is 1. The third kappa shape index (κ3) is 2.64. The van der Waals surface area contributed by atoms with Gasteiger partial charge in [-0.3, -0.25) is 9.35 Å². The maximum atomic E-state index is 12.3. The molecule has 0 saturated heterocycles. The molecule has 2 aromatic rings. The van der Waals surface area contributed by atoms with Crippen LogP contribution in [0, 0.1) is 0 Å². The lowest BCUT2D eigenvalue weighted by Gasteiger charge is -2.07. The summed E-state index contributed by atoms with van der Waals surface area (Å²) in [6.07, 6.45) is 0. The second-order valence-corrected chi connectivity index (χ2v) is 5.28. The summed E-state index contributed by atoms with van der Waals surface area (Å²) >= 11 is 0. The molecule has 0 aromatic heterocycles. The molecule has 19 heavy (non-hydrogen) atoms. The van der Waals surface area contributed by atoms with Crippen molar-refractivity contribution in [1.29, 1.82) is 0 Å². The Bertz CT molecular complexity index is 738. The van der Waals surface area contributed by atoms with Crippen molar-refractivity contribution in [2.45, 2.75) is 4.90 Å². The lowest BCUT2D eigenvalue weighted by atomic mass is 10.0. The number of nitrogens with two attached hydrogens (primary N) is 1. The van der Waals surface area contributed by atoms with Gasteiger partial charge in [-0.25, -0.2) is 0 Å². The van der Waals surface area contributed by atoms with E-state index >= 15 is 0 Å². The largest absolute Gasteiger partial charge is 0.398 e. The predicted octanol–water partition coefficient (Wildman–Crippen LogP) is 1.75. The van der Waals surface area contributed by atoms with Gasteiger partial charge in [0, 0.05) is 16.8 Å². The molecular formula is C13H11NO4S. The summed E-state index contributed by atoms with van der Waals surface area (Å²) in [6.45, 7) is 0. The van der Waals surface area contributed by atoms with Gasteiger partial charge in [0.1, 0.15) is 4.90 Å². The molecule has 0 amide bonds. The second-order valence-electron chi connectivity index (χ2n) is 3.89. The lowest BCUT2D eigenvalue weighted by molar-refractivity contribution is 0.103. The summed E-state index contributed by atoms with van der Waals surface area (Å²) in [7, 11) is -4.46. The third-order valence-corrected chi connectivity index (χ3v) is 3.53. The number of rotatable bonds is 3. The van der Waals surface area contributed by atoms with Crippen LogP contribution >= 0.6 is 0 Å². The number of anilines is 1. The number of ketones is 1. The highest BCUT2D eigenvalue weighted by atomic mass is 32.2. The number of benzene rings is 2. The summed E-state index contributed by atoms with van der Waals surface area (Å²) in [5.74, 6) is -0.550. The molecule has 0 bridgehead atoms. The first-order valence-corrected chi connectivity index (χ1v) is 6.81. The summed E-state index contributed by atoms with van der Waals surface area (Å²) in [5, 5.41) is 0. The molecule has 0 unspecified atom stereocenters. The highest BCUT2D eigenvalue weighted by Gasteiger charge is 2.21. The van der Waals surface area contributed by atoms with Crippen LogP contribution < -0.4 is 5.73 Å². The minimum absolute atomic E-state index is 0.108. The van der Waals surface area contributed by atoms with Crippen LogP contribution in [0.3, 0.4) is 0 Å². The molecule has 0 heterocycles. The van der Waals surface area contributed by atoms with Crippen LogP contribution in [0.15, 0.2) is 53.4 Å². The highest BCUT2D eigenvalue weighted by molar-refractivity contribution is 7.86. The fraction of sp³-hybridized carbons (Fsp3) is 0. The van der Waals surface area contributed by atoms with E-state index in [0.29, 0.717) is 0 Å². The topological polar surface area (TPSA) is 97.5 Å². The molecule has 98 valence electrons. The van der Waals surface area contributed by atoms with Crippen LogP contribution in [-0.2, 0) is 10.1 Å². The smallest absolute Gasteiger partial charge is 0.295 e. The first-order valence-electron chi connectivity index (χ1n) is 5.37. The molecule has 0 aliphatic rings. The maximum absolute atomic E-state index is 12.3. The standard InChI is InChI=1S/C13H11NO4S/c14-11-7-3-1-5-9(11)13(15)10-6-2-4-8-12(10)19(16,17)18/h1-8H,14H2,(H,16,17,18). The first-order chi connectivity index (χ1) is 8.91. The van der Waals surface area contributed by atoms with Gasteiger partial charge in [-0.05, 0) is 24.3 Å². The minimum Gasteiger partial charge on any atom is -0.398 e. The van der Waals surface area contributed by atoms with Gasteiger partial charge in [0.25, 0.3) is 10.1 Å². The molecule has 2 aromatic carbocycles. The number of nitrogen functional groups attached to an aromatic ring is 1. The molecule has 0 atom stereocenters. The van der Waals surface area contributed by atoms with E-state index < -0.39 is 20.8 Å². The molecule has 0 aliphatic carbocycles. The predicted molar refractivity (Wildman–Crippen MR) is 70.5 cm³/mol. The van der Waals surface area contributed by atoms with Gasteiger partial charge in [0.2, 0.25) is 0 Å². The molecular weight excluding hydrogens is 266 g/mol. The molecule has 5 nitrogen and oxygen atoms in total. The van der Waals surface area contributed by atoms with Gasteiger partial charge in [0.15, 0.2) is 5.78 Å². The molecule has 0 radical (unpaired) electrons. The Labute approximate surface area is 110 Å². The van der Waals surface area contributed by atoms with Crippen LogP contribution in [0.25, 0.3) is 0 Å². The minimum atomic E-state index is -4.46. The van der Waals surface area contributed by atoms with E-state index in [4.69, 9.17) is 10.3 Å². The average molecular weight is 277 g/mol. The van der Waals surface area contributed by atoms with E-state index in [1.54, 1.807) is 18.2 Å². The summed E-state index contributed by atoms with van der Waals surface area (Å²) in [6, 6.07) is 11.8. The Hall–Kier alpha value is -2.18. The average Bonchev–Trinajstić information content (AvgIpc) is 2.37. The quantitative estimate of drug-likeness (QED) is 0.506. The molecule has 6 heteroatoms. The van der Waals surface area contributed by atoms with Crippen LogP contribution in [0.2, 0.25) is 0 Å². The monoisotopic (exact) mass is 277 g/mol. The van der Waals surface area contributed by atoms with Crippen molar-refractivity contribution in [2.75, 3.05) is 5.73 Å². The Balaban J connectivity index is 2.61. The van der Waals surface area contributed by atoms with Gasteiger partial charge in [-0.2, -0.15) is 8.42 Å². The van der Waals surface area contributed by atoms with Crippen molar-refractivity contribution >= 4 is 21.6 Å². The van der Waals surface area contributed by atoms with Gasteiger partial charge in [0.05, 0.1) is 0 Å².